The molecule has 1 heterocycles. The number of rotatable bonds is 5. The minimum Gasteiger partial charge on any atom is -0.463 e. The number of carbonyl (C=O) groups is 2. The van der Waals surface area contributed by atoms with E-state index >= 15 is 0 Å². The fraction of sp³-hybridized carbons (Fsp3) is 0.412. The maximum Gasteiger partial charge on any atom is 0.230 e. The van der Waals surface area contributed by atoms with Crippen LogP contribution in [0.3, 0.4) is 0 Å². The Morgan fingerprint density at radius 2 is 1.75 bits per heavy atom. The van der Waals surface area contributed by atoms with Gasteiger partial charge in [-0.3, -0.25) is 9.59 Å². The van der Waals surface area contributed by atoms with E-state index in [0.717, 1.165) is 6.42 Å². The standard InChI is InChI=1S/C17H19NO5S/c1-3-4-9-24(21,22)10-13-18(2)14-15(19)11-7-5-6-8-12(11)16(20)17(14)23-13/h5-8,13H,3-4,9-10H2,1-2H3. The van der Waals surface area contributed by atoms with E-state index in [0.29, 0.717) is 17.5 Å². The summed E-state index contributed by atoms with van der Waals surface area (Å²) in [6.07, 6.45) is 0.510. The number of nitrogens with zero attached hydrogens (tertiary/aromatic N) is 1. The molecule has 0 saturated carbocycles. The Bertz CT molecular complexity index is 840. The predicted molar refractivity (Wildman–Crippen MR) is 88.3 cm³/mol. The lowest BCUT2D eigenvalue weighted by Crippen LogP contribution is -2.36. The quantitative estimate of drug-likeness (QED) is 0.806. The number of Topliss-reactive ketones (excluding diaryl/α,β-unsaturated/α-hetero) is 2. The molecule has 0 aromatic heterocycles. The van der Waals surface area contributed by atoms with Crippen LogP contribution in [0.25, 0.3) is 0 Å². The van der Waals surface area contributed by atoms with Crippen LogP contribution in [0.5, 0.6) is 0 Å². The molecule has 1 aromatic carbocycles. The Balaban J connectivity index is 1.87. The van der Waals surface area contributed by atoms with Crippen LogP contribution in [-0.2, 0) is 14.6 Å². The van der Waals surface area contributed by atoms with Gasteiger partial charge in [0.2, 0.25) is 11.6 Å². The third kappa shape index (κ3) is 2.73. The number of fused-ring (bicyclic) bond motifs is 1. The van der Waals surface area contributed by atoms with Gasteiger partial charge in [0.25, 0.3) is 0 Å². The van der Waals surface area contributed by atoms with Crippen molar-refractivity contribution in [2.75, 3.05) is 18.6 Å². The summed E-state index contributed by atoms with van der Waals surface area (Å²) < 4.78 is 30.0. The lowest BCUT2D eigenvalue weighted by Gasteiger charge is -2.22. The number of allylic oxidation sites excluding steroid dienone is 2. The first-order valence-electron chi connectivity index (χ1n) is 7.88. The largest absolute Gasteiger partial charge is 0.463 e. The maximum atomic E-state index is 12.7. The van der Waals surface area contributed by atoms with Gasteiger partial charge in [-0.05, 0) is 6.42 Å². The number of ketones is 2. The van der Waals surface area contributed by atoms with Crippen LogP contribution in [0.4, 0.5) is 0 Å². The molecule has 0 radical (unpaired) electrons. The average molecular weight is 349 g/mol. The van der Waals surface area contributed by atoms with Gasteiger partial charge >= 0.3 is 0 Å². The molecule has 2 aliphatic rings. The Kier molecular flexibility index (Phi) is 4.21. The fourth-order valence-electron chi connectivity index (χ4n) is 2.94. The van der Waals surface area contributed by atoms with E-state index in [1.165, 1.54) is 4.90 Å². The molecule has 24 heavy (non-hydrogen) atoms. The lowest BCUT2D eigenvalue weighted by atomic mass is 9.91. The molecule has 0 spiro atoms. The second kappa shape index (κ2) is 6.05. The summed E-state index contributed by atoms with van der Waals surface area (Å²) in [5, 5.41) is 0. The van der Waals surface area contributed by atoms with Crippen molar-refractivity contribution in [3.8, 4) is 0 Å². The number of hydrogen-bond donors (Lipinski definition) is 0. The third-order valence-corrected chi connectivity index (χ3v) is 6.00. The van der Waals surface area contributed by atoms with E-state index < -0.39 is 16.1 Å². The number of benzene rings is 1. The van der Waals surface area contributed by atoms with Crippen molar-refractivity contribution >= 4 is 21.4 Å². The molecule has 1 unspecified atom stereocenters. The molecular formula is C17H19NO5S. The first-order valence-corrected chi connectivity index (χ1v) is 9.70. The van der Waals surface area contributed by atoms with Crippen molar-refractivity contribution in [2.24, 2.45) is 0 Å². The highest BCUT2D eigenvalue weighted by molar-refractivity contribution is 7.91. The topological polar surface area (TPSA) is 80.8 Å². The van der Waals surface area contributed by atoms with Gasteiger partial charge in [0, 0.05) is 18.2 Å². The second-order valence-corrected chi connectivity index (χ2v) is 8.26. The Hall–Kier alpha value is -2.15. The summed E-state index contributed by atoms with van der Waals surface area (Å²) in [4.78, 5) is 26.7. The predicted octanol–water partition coefficient (Wildman–Crippen LogP) is 1.78. The molecule has 1 aromatic rings. The summed E-state index contributed by atoms with van der Waals surface area (Å²) >= 11 is 0. The van der Waals surface area contributed by atoms with Crippen LogP contribution in [0.2, 0.25) is 0 Å². The van der Waals surface area contributed by atoms with Crippen molar-refractivity contribution in [1.29, 1.82) is 0 Å². The Morgan fingerprint density at radius 3 is 2.38 bits per heavy atom. The van der Waals surface area contributed by atoms with Gasteiger partial charge in [0.05, 0.1) is 5.75 Å². The normalized spacial score (nSPS) is 20.1. The molecule has 1 atom stereocenters. The molecule has 0 fully saturated rings. The van der Waals surface area contributed by atoms with Crippen molar-refractivity contribution in [3.63, 3.8) is 0 Å². The van der Waals surface area contributed by atoms with E-state index in [9.17, 15) is 18.0 Å². The highest BCUT2D eigenvalue weighted by Crippen LogP contribution is 2.35. The van der Waals surface area contributed by atoms with Crippen LogP contribution in [-0.4, -0.2) is 49.7 Å². The van der Waals surface area contributed by atoms with Crippen molar-refractivity contribution in [2.45, 2.75) is 26.0 Å². The van der Waals surface area contributed by atoms with E-state index in [1.54, 1.807) is 31.3 Å². The Morgan fingerprint density at radius 1 is 1.12 bits per heavy atom. The smallest absolute Gasteiger partial charge is 0.230 e. The van der Waals surface area contributed by atoms with Crippen LogP contribution in [0, 0.1) is 0 Å². The molecule has 0 saturated heterocycles. The molecular weight excluding hydrogens is 330 g/mol. The number of likely N-dealkylation sites (N-methyl/N-ethyl adjacent to an activating group) is 1. The average Bonchev–Trinajstić information content (AvgIpc) is 2.87. The van der Waals surface area contributed by atoms with Crippen LogP contribution < -0.4 is 0 Å². The van der Waals surface area contributed by atoms with Gasteiger partial charge in [-0.15, -0.1) is 0 Å². The van der Waals surface area contributed by atoms with Gasteiger partial charge < -0.3 is 9.64 Å². The van der Waals surface area contributed by atoms with E-state index in [2.05, 4.69) is 0 Å². The van der Waals surface area contributed by atoms with Crippen LogP contribution in [0.1, 0.15) is 40.5 Å². The molecule has 1 aliphatic carbocycles. The zero-order valence-corrected chi connectivity index (χ0v) is 14.4. The number of ether oxygens (including phenoxy) is 1. The number of sulfone groups is 1. The first kappa shape index (κ1) is 16.7. The molecule has 1 aliphatic heterocycles. The zero-order chi connectivity index (χ0) is 17.5. The number of carbonyl (C=O) groups excluding carboxylic acids is 2. The van der Waals surface area contributed by atoms with Gasteiger partial charge in [0.1, 0.15) is 11.4 Å². The summed E-state index contributed by atoms with van der Waals surface area (Å²) in [6, 6.07) is 6.55. The lowest BCUT2D eigenvalue weighted by molar-refractivity contribution is 0.0617. The minimum absolute atomic E-state index is 0.0445. The molecule has 3 rings (SSSR count). The summed E-state index contributed by atoms with van der Waals surface area (Å²) in [7, 11) is -1.74. The first-order chi connectivity index (χ1) is 11.4. The molecule has 7 heteroatoms. The molecule has 0 N–H and O–H groups in total. The minimum atomic E-state index is -3.32. The summed E-state index contributed by atoms with van der Waals surface area (Å²) in [5.74, 6) is -0.897. The SMILES string of the molecule is CCCCS(=O)(=O)CC1OC2=C(C(=O)c3ccccc3C2=O)N1C. The van der Waals surface area contributed by atoms with Crippen molar-refractivity contribution in [3.05, 3.63) is 46.8 Å². The Labute approximate surface area is 141 Å². The van der Waals surface area contributed by atoms with Gasteiger partial charge in [-0.25, -0.2) is 8.42 Å². The zero-order valence-electron chi connectivity index (χ0n) is 13.6. The van der Waals surface area contributed by atoms with E-state index in [1.807, 2.05) is 6.92 Å². The monoisotopic (exact) mass is 349 g/mol. The molecule has 0 amide bonds. The highest BCUT2D eigenvalue weighted by Gasteiger charge is 2.44. The van der Waals surface area contributed by atoms with E-state index in [4.69, 9.17) is 4.74 Å². The van der Waals surface area contributed by atoms with Gasteiger partial charge in [-0.2, -0.15) is 0 Å². The van der Waals surface area contributed by atoms with E-state index in [-0.39, 0.29) is 34.5 Å². The molecule has 0 bridgehead atoms. The summed E-state index contributed by atoms with van der Waals surface area (Å²) in [5.41, 5.74) is 0.768. The van der Waals surface area contributed by atoms with Gasteiger partial charge in [0.15, 0.2) is 21.8 Å². The van der Waals surface area contributed by atoms with Crippen molar-refractivity contribution in [1.82, 2.24) is 4.90 Å². The number of hydrogen-bond acceptors (Lipinski definition) is 6. The van der Waals surface area contributed by atoms with Gasteiger partial charge in [-0.1, -0.05) is 37.6 Å². The third-order valence-electron chi connectivity index (χ3n) is 4.30. The van der Waals surface area contributed by atoms with Crippen LogP contribution in [0.15, 0.2) is 35.7 Å². The van der Waals surface area contributed by atoms with Crippen molar-refractivity contribution < 1.29 is 22.7 Å². The number of unbranched alkanes of at least 4 members (excludes halogenated alkanes) is 1. The van der Waals surface area contributed by atoms with Crippen LogP contribution >= 0.6 is 0 Å². The second-order valence-electron chi connectivity index (χ2n) is 6.03. The maximum absolute atomic E-state index is 12.7. The summed E-state index contributed by atoms with van der Waals surface area (Å²) in [6.45, 7) is 1.92. The molecule has 128 valence electrons. The fourth-order valence-corrected chi connectivity index (χ4v) is 4.56. The highest BCUT2D eigenvalue weighted by atomic mass is 32.2. The molecule has 6 nitrogen and oxygen atoms in total.